The van der Waals surface area contributed by atoms with Gasteiger partial charge in [-0.1, -0.05) is 20.8 Å². The van der Waals surface area contributed by atoms with Gasteiger partial charge >= 0.3 is 0 Å². The van der Waals surface area contributed by atoms with Crippen LogP contribution in [0.3, 0.4) is 0 Å². The number of anilines is 2. The van der Waals surface area contributed by atoms with Gasteiger partial charge in [-0.25, -0.2) is 0 Å². The third kappa shape index (κ3) is 3.24. The highest BCUT2D eigenvalue weighted by Crippen LogP contribution is 2.39. The zero-order chi connectivity index (χ0) is 13.3. The Hall–Kier alpha value is -1.52. The minimum atomic E-state index is 0.160. The van der Waals surface area contributed by atoms with Gasteiger partial charge in [0.2, 0.25) is 11.8 Å². The normalized spacial score (nSPS) is 26.8. The van der Waals surface area contributed by atoms with Crippen molar-refractivity contribution in [3.05, 3.63) is 6.07 Å². The van der Waals surface area contributed by atoms with Gasteiger partial charge in [-0.05, 0) is 30.6 Å². The van der Waals surface area contributed by atoms with Crippen molar-refractivity contribution >= 4 is 11.8 Å². The van der Waals surface area contributed by atoms with Crippen LogP contribution in [-0.2, 0) is 0 Å². The molecular weight excluding hydrogens is 228 g/mol. The average Bonchev–Trinajstić information content (AvgIpc) is 2.10. The molecule has 0 aliphatic heterocycles. The maximum absolute atomic E-state index is 5.91. The number of nitrogens with zero attached hydrogens (tertiary/aromatic N) is 2. The third-order valence-electron chi connectivity index (χ3n) is 3.37. The summed E-state index contributed by atoms with van der Waals surface area (Å²) in [4.78, 5) is 7.90. The molecule has 5 heteroatoms. The molecule has 1 aromatic heterocycles. The Balaban J connectivity index is 2.08. The molecule has 0 aromatic carbocycles. The molecule has 0 radical (unpaired) electrons. The van der Waals surface area contributed by atoms with Crippen molar-refractivity contribution in [3.8, 4) is 5.88 Å². The molecule has 1 aliphatic rings. The number of ether oxygens (including phenoxy) is 1. The van der Waals surface area contributed by atoms with Gasteiger partial charge in [-0.2, -0.15) is 9.97 Å². The van der Waals surface area contributed by atoms with Crippen LogP contribution >= 0.6 is 0 Å². The second-order valence-corrected chi connectivity index (χ2v) is 6.14. The average molecular weight is 250 g/mol. The molecule has 1 aromatic rings. The molecule has 2 atom stereocenters. The minimum Gasteiger partial charge on any atom is -0.474 e. The molecule has 18 heavy (non-hydrogen) atoms. The highest BCUT2D eigenvalue weighted by Gasteiger charge is 2.33. The van der Waals surface area contributed by atoms with Crippen LogP contribution in [0.25, 0.3) is 0 Å². The van der Waals surface area contributed by atoms with Crippen LogP contribution < -0.4 is 16.2 Å². The summed E-state index contributed by atoms with van der Waals surface area (Å²) in [6.45, 7) is 6.82. The van der Waals surface area contributed by atoms with Crippen molar-refractivity contribution in [1.82, 2.24) is 9.97 Å². The Morgan fingerprint density at radius 3 is 2.61 bits per heavy atom. The second-order valence-electron chi connectivity index (χ2n) is 6.14. The number of hydrogen-bond acceptors (Lipinski definition) is 5. The van der Waals surface area contributed by atoms with Crippen LogP contribution in [0.15, 0.2) is 6.07 Å². The van der Waals surface area contributed by atoms with E-state index in [0.717, 1.165) is 12.8 Å². The SMILES string of the molecule is CC1CC(Oc2cc(N)nc(N)n2)CC(C)(C)C1. The maximum Gasteiger partial charge on any atom is 0.225 e. The number of aromatic nitrogens is 2. The van der Waals surface area contributed by atoms with E-state index in [1.165, 1.54) is 6.42 Å². The van der Waals surface area contributed by atoms with E-state index in [1.54, 1.807) is 6.07 Å². The standard InChI is InChI=1S/C13H22N4O/c1-8-4-9(7-13(2,3)6-8)18-11-5-10(14)16-12(15)17-11/h5,8-9H,4,6-7H2,1-3H3,(H4,14,15,16,17). The van der Waals surface area contributed by atoms with Crippen LogP contribution in [0.5, 0.6) is 5.88 Å². The van der Waals surface area contributed by atoms with Crippen LogP contribution in [0.1, 0.15) is 40.0 Å². The van der Waals surface area contributed by atoms with E-state index in [-0.39, 0.29) is 12.1 Å². The molecule has 1 aliphatic carbocycles. The topological polar surface area (TPSA) is 87.0 Å². The molecule has 2 unspecified atom stereocenters. The lowest BCUT2D eigenvalue weighted by Gasteiger charge is -2.38. The highest BCUT2D eigenvalue weighted by molar-refractivity contribution is 5.38. The van der Waals surface area contributed by atoms with Gasteiger partial charge in [0.1, 0.15) is 11.9 Å². The molecule has 4 N–H and O–H groups in total. The summed E-state index contributed by atoms with van der Waals surface area (Å²) in [7, 11) is 0. The van der Waals surface area contributed by atoms with Gasteiger partial charge in [0.05, 0.1) is 0 Å². The van der Waals surface area contributed by atoms with Gasteiger partial charge in [0, 0.05) is 6.07 Å². The lowest BCUT2D eigenvalue weighted by Crippen LogP contribution is -2.34. The van der Waals surface area contributed by atoms with E-state index in [0.29, 0.717) is 23.0 Å². The summed E-state index contributed by atoms with van der Waals surface area (Å²) in [5.74, 6) is 1.65. The Kier molecular flexibility index (Phi) is 3.32. The lowest BCUT2D eigenvalue weighted by atomic mass is 9.71. The lowest BCUT2D eigenvalue weighted by molar-refractivity contribution is 0.0533. The van der Waals surface area contributed by atoms with Crippen molar-refractivity contribution in [1.29, 1.82) is 0 Å². The van der Waals surface area contributed by atoms with Gasteiger partial charge in [-0.3, -0.25) is 0 Å². The Bertz CT molecular complexity index is 413. The molecule has 0 amide bonds. The van der Waals surface area contributed by atoms with Crippen LogP contribution in [0.2, 0.25) is 0 Å². The number of rotatable bonds is 2. The predicted molar refractivity (Wildman–Crippen MR) is 72.1 cm³/mol. The Labute approximate surface area is 108 Å². The van der Waals surface area contributed by atoms with E-state index < -0.39 is 0 Å². The molecule has 1 heterocycles. The maximum atomic E-state index is 5.91. The van der Waals surface area contributed by atoms with Gasteiger partial charge in [0.15, 0.2) is 0 Å². The second kappa shape index (κ2) is 4.63. The molecule has 0 bridgehead atoms. The highest BCUT2D eigenvalue weighted by atomic mass is 16.5. The van der Waals surface area contributed by atoms with Gasteiger partial charge in [0.25, 0.3) is 0 Å². The molecule has 1 saturated carbocycles. The summed E-state index contributed by atoms with van der Waals surface area (Å²) >= 11 is 0. The largest absolute Gasteiger partial charge is 0.474 e. The first-order chi connectivity index (χ1) is 8.34. The number of hydrogen-bond donors (Lipinski definition) is 2. The fourth-order valence-electron chi connectivity index (χ4n) is 3.04. The van der Waals surface area contributed by atoms with Crippen molar-refractivity contribution in [2.75, 3.05) is 11.5 Å². The van der Waals surface area contributed by atoms with Crippen molar-refractivity contribution in [2.45, 2.75) is 46.1 Å². The first-order valence-electron chi connectivity index (χ1n) is 6.41. The zero-order valence-electron chi connectivity index (χ0n) is 11.3. The van der Waals surface area contributed by atoms with Crippen LogP contribution in [0, 0.1) is 11.3 Å². The van der Waals surface area contributed by atoms with Gasteiger partial charge in [-0.15, -0.1) is 0 Å². The molecule has 2 rings (SSSR count). The summed E-state index contributed by atoms with van der Waals surface area (Å²) < 4.78 is 5.91. The van der Waals surface area contributed by atoms with Crippen LogP contribution in [0.4, 0.5) is 11.8 Å². The minimum absolute atomic E-state index is 0.160. The van der Waals surface area contributed by atoms with Crippen molar-refractivity contribution in [3.63, 3.8) is 0 Å². The van der Waals surface area contributed by atoms with Crippen molar-refractivity contribution < 1.29 is 4.74 Å². The zero-order valence-corrected chi connectivity index (χ0v) is 11.3. The van der Waals surface area contributed by atoms with E-state index in [9.17, 15) is 0 Å². The molecular formula is C13H22N4O. The fraction of sp³-hybridized carbons (Fsp3) is 0.692. The number of nitrogen functional groups attached to an aromatic ring is 2. The molecule has 5 nitrogen and oxygen atoms in total. The summed E-state index contributed by atoms with van der Waals surface area (Å²) in [5.41, 5.74) is 11.5. The summed E-state index contributed by atoms with van der Waals surface area (Å²) in [6.07, 6.45) is 3.49. The van der Waals surface area contributed by atoms with Gasteiger partial charge < -0.3 is 16.2 Å². The van der Waals surface area contributed by atoms with E-state index >= 15 is 0 Å². The first kappa shape index (κ1) is 12.9. The Morgan fingerprint density at radius 1 is 1.28 bits per heavy atom. The monoisotopic (exact) mass is 250 g/mol. The third-order valence-corrected chi connectivity index (χ3v) is 3.37. The van der Waals surface area contributed by atoms with Crippen LogP contribution in [-0.4, -0.2) is 16.1 Å². The van der Waals surface area contributed by atoms with E-state index in [2.05, 4.69) is 30.7 Å². The first-order valence-corrected chi connectivity index (χ1v) is 6.41. The molecule has 0 saturated heterocycles. The molecule has 0 spiro atoms. The number of nitrogens with two attached hydrogens (primary N) is 2. The smallest absolute Gasteiger partial charge is 0.225 e. The van der Waals surface area contributed by atoms with E-state index in [4.69, 9.17) is 16.2 Å². The van der Waals surface area contributed by atoms with Crippen molar-refractivity contribution in [2.24, 2.45) is 11.3 Å². The quantitative estimate of drug-likeness (QED) is 0.840. The van der Waals surface area contributed by atoms with E-state index in [1.807, 2.05) is 0 Å². The fourth-order valence-corrected chi connectivity index (χ4v) is 3.04. The molecule has 1 fully saturated rings. The molecule has 100 valence electrons. The summed E-state index contributed by atoms with van der Waals surface area (Å²) in [6, 6.07) is 1.63. The Morgan fingerprint density at radius 2 is 2.00 bits per heavy atom. The summed E-state index contributed by atoms with van der Waals surface area (Å²) in [5, 5.41) is 0. The predicted octanol–water partition coefficient (Wildman–Crippen LogP) is 2.23.